The first-order valence-electron chi connectivity index (χ1n) is 22.0. The van der Waals surface area contributed by atoms with Gasteiger partial charge in [-0.2, -0.15) is 0 Å². The van der Waals surface area contributed by atoms with E-state index in [1.165, 1.54) is 74.2 Å². The second-order valence-electron chi connectivity index (χ2n) is 16.9. The van der Waals surface area contributed by atoms with Crippen molar-refractivity contribution in [3.05, 3.63) is 219 Å². The van der Waals surface area contributed by atoms with Crippen LogP contribution in [-0.2, 0) is 0 Å². The fraction of sp³-hybridized carbons (Fsp3) is 0. The maximum Gasteiger partial charge on any atom is 0.230 e. The number of hydrogen-bond donors (Lipinski definition) is 0. The van der Waals surface area contributed by atoms with Crippen molar-refractivity contribution in [3.63, 3.8) is 0 Å². The van der Waals surface area contributed by atoms with E-state index in [-0.39, 0.29) is 0 Å². The Balaban J connectivity index is 1.04. The molecule has 6 aromatic heterocycles. The zero-order valence-electron chi connectivity index (χ0n) is 34.9. The van der Waals surface area contributed by atoms with E-state index in [9.17, 15) is 0 Å². The van der Waals surface area contributed by atoms with E-state index in [4.69, 9.17) is 14.4 Å². The van der Waals surface area contributed by atoms with Crippen LogP contribution in [0.2, 0.25) is 0 Å². The number of fused-ring (bicyclic) bond motifs is 12. The first kappa shape index (κ1) is 36.4. The Kier molecular flexibility index (Phi) is 7.81. The normalized spacial score (nSPS) is 12.3. The first-order valence-corrected chi connectivity index (χ1v) is 24.8. The van der Waals surface area contributed by atoms with Crippen LogP contribution in [0.3, 0.4) is 0 Å². The van der Waals surface area contributed by atoms with Gasteiger partial charge in [-0.15, -0.1) is 11.3 Å². The molecule has 0 unspecified atom stereocenters. The van der Waals surface area contributed by atoms with Crippen LogP contribution in [-0.4, -0.2) is 27.2 Å². The van der Waals surface area contributed by atoms with E-state index in [2.05, 4.69) is 215 Å². The number of para-hydroxylation sites is 4. The van der Waals surface area contributed by atoms with Crippen LogP contribution in [0.4, 0.5) is 0 Å². The summed E-state index contributed by atoms with van der Waals surface area (Å²) in [7, 11) is -3.35. The van der Waals surface area contributed by atoms with Gasteiger partial charge in [0.25, 0.3) is 0 Å². The Morgan fingerprint density at radius 3 is 1.40 bits per heavy atom. The van der Waals surface area contributed by atoms with Crippen molar-refractivity contribution in [2.24, 2.45) is 0 Å². The van der Waals surface area contributed by atoms with Crippen LogP contribution < -0.4 is 21.0 Å². The zero-order chi connectivity index (χ0) is 42.6. The number of pyridine rings is 2. The highest BCUT2D eigenvalue weighted by Crippen LogP contribution is 2.39. The Labute approximate surface area is 377 Å². The molecular formula is C58H36N4OSSi. The molecular weight excluding hydrogens is 829 g/mol. The monoisotopic (exact) mass is 864 g/mol. The number of thiophene rings is 1. The number of aromatic nitrogens is 4. The van der Waals surface area contributed by atoms with E-state index in [0.29, 0.717) is 0 Å². The van der Waals surface area contributed by atoms with Gasteiger partial charge in [-0.25, -0.2) is 0 Å². The molecule has 5 nitrogen and oxygen atoms in total. The number of rotatable bonds is 6. The summed E-state index contributed by atoms with van der Waals surface area (Å²) in [5, 5.41) is 13.8. The predicted molar refractivity (Wildman–Crippen MR) is 274 cm³/mol. The third-order valence-corrected chi connectivity index (χ3v) is 19.5. The molecule has 65 heavy (non-hydrogen) atoms. The standard InChI is InChI=1S/C58H36N4OSSi/c1-3-15-39(16-4-1)65(40-17-5-2-6-18-40,57-55-45(31-33-59-57)47-35-37(27-29-53(47)63-55)61-49-23-11-7-19-41(49)42-20-8-12-24-50(42)61)58-56-46(32-34-60-58)48-36-38(28-30-54(48)64-56)62-51-25-13-9-21-43(51)44-22-10-14-26-52(44)62/h1-36H. The summed E-state index contributed by atoms with van der Waals surface area (Å²) in [5.74, 6) is 0. The lowest BCUT2D eigenvalue weighted by atomic mass is 10.1. The largest absolute Gasteiger partial charge is 0.455 e. The van der Waals surface area contributed by atoms with Crippen molar-refractivity contribution in [2.45, 2.75) is 0 Å². The summed E-state index contributed by atoms with van der Waals surface area (Å²) in [6.45, 7) is 0. The molecule has 14 aromatic rings. The first-order chi connectivity index (χ1) is 32.3. The average Bonchev–Trinajstić information content (AvgIpc) is 4.13. The highest BCUT2D eigenvalue weighted by molar-refractivity contribution is 7.30. The summed E-state index contributed by atoms with van der Waals surface area (Å²) < 4.78 is 14.3. The molecule has 0 N–H and O–H groups in total. The molecule has 7 heteroatoms. The molecule has 0 radical (unpaired) electrons. The van der Waals surface area contributed by atoms with Crippen LogP contribution in [0.15, 0.2) is 223 Å². The SMILES string of the molecule is c1ccc([Si](c2ccccc2)(c2nccc3c2oc2ccc(-n4c5ccccc5c5ccccc54)cc23)c2nccc3c2sc2ccc(-n4c5ccccc5c5ccccc54)cc23)cc1. The molecule has 0 saturated heterocycles. The number of benzene rings is 8. The molecule has 14 rings (SSSR count). The molecule has 6 heterocycles. The van der Waals surface area contributed by atoms with Crippen LogP contribution in [0, 0.1) is 0 Å². The molecule has 0 bridgehead atoms. The minimum absolute atomic E-state index is 0.801. The van der Waals surface area contributed by atoms with Gasteiger partial charge in [0.2, 0.25) is 8.07 Å². The van der Waals surface area contributed by atoms with E-state index >= 15 is 0 Å². The highest BCUT2D eigenvalue weighted by atomic mass is 32.1. The molecule has 0 aliphatic heterocycles. The summed E-state index contributed by atoms with van der Waals surface area (Å²) in [6.07, 6.45) is 4.00. The third-order valence-electron chi connectivity index (χ3n) is 13.5. The molecule has 0 spiro atoms. The second kappa shape index (κ2) is 13.9. The van der Waals surface area contributed by atoms with Gasteiger partial charge in [0.15, 0.2) is 5.58 Å². The van der Waals surface area contributed by atoms with E-state index in [1.54, 1.807) is 0 Å². The summed E-state index contributed by atoms with van der Waals surface area (Å²) in [5.41, 5.74) is 8.59. The predicted octanol–water partition coefficient (Wildman–Crippen LogP) is 12.3. The topological polar surface area (TPSA) is 48.8 Å². The average molecular weight is 865 g/mol. The van der Waals surface area contributed by atoms with Gasteiger partial charge in [-0.1, -0.05) is 133 Å². The summed E-state index contributed by atoms with van der Waals surface area (Å²) >= 11 is 1.83. The lowest BCUT2D eigenvalue weighted by Crippen LogP contribution is -2.76. The van der Waals surface area contributed by atoms with Gasteiger partial charge in [-0.05, 0) is 83.2 Å². The molecule has 0 amide bonds. The number of hydrogen-bond acceptors (Lipinski definition) is 4. The van der Waals surface area contributed by atoms with Gasteiger partial charge < -0.3 is 13.6 Å². The summed E-state index contributed by atoms with van der Waals surface area (Å²) in [6, 6.07) is 74.5. The Hall–Kier alpha value is -8.10. The van der Waals surface area contributed by atoms with Crippen LogP contribution in [0.5, 0.6) is 0 Å². The van der Waals surface area contributed by atoms with Gasteiger partial charge in [0.05, 0.1) is 37.4 Å². The molecule has 8 aromatic carbocycles. The van der Waals surface area contributed by atoms with Gasteiger partial charge >= 0.3 is 0 Å². The number of furan rings is 1. The lowest BCUT2D eigenvalue weighted by molar-refractivity contribution is 0.670. The minimum atomic E-state index is -3.35. The maximum atomic E-state index is 7.14. The van der Waals surface area contributed by atoms with E-state index < -0.39 is 8.07 Å². The molecule has 0 aliphatic carbocycles. The van der Waals surface area contributed by atoms with Crippen LogP contribution in [0.1, 0.15) is 0 Å². The smallest absolute Gasteiger partial charge is 0.230 e. The third kappa shape index (κ3) is 5.13. The van der Waals surface area contributed by atoms with Crippen LogP contribution >= 0.6 is 11.3 Å². The van der Waals surface area contributed by atoms with Crippen molar-refractivity contribution in [1.29, 1.82) is 0 Å². The van der Waals surface area contributed by atoms with Crippen molar-refractivity contribution >= 4 is 126 Å². The van der Waals surface area contributed by atoms with Gasteiger partial charge in [0.1, 0.15) is 5.58 Å². The molecule has 304 valence electrons. The quantitative estimate of drug-likeness (QED) is 0.156. The molecule has 0 atom stereocenters. The van der Waals surface area contributed by atoms with Crippen molar-refractivity contribution < 1.29 is 4.42 Å². The van der Waals surface area contributed by atoms with Gasteiger partial charge in [0, 0.05) is 71.6 Å². The molecule has 0 saturated carbocycles. The summed E-state index contributed by atoms with van der Waals surface area (Å²) in [4.78, 5) is 11.0. The highest BCUT2D eigenvalue weighted by Gasteiger charge is 2.48. The lowest BCUT2D eigenvalue weighted by Gasteiger charge is -2.32. The molecule has 0 aliphatic rings. The fourth-order valence-electron chi connectivity index (χ4n) is 10.8. The van der Waals surface area contributed by atoms with Crippen LogP contribution in [0.25, 0.3) is 97.1 Å². The van der Waals surface area contributed by atoms with Gasteiger partial charge in [-0.3, -0.25) is 9.97 Å². The Morgan fingerprint density at radius 2 is 0.846 bits per heavy atom. The second-order valence-corrected chi connectivity index (χ2v) is 21.5. The zero-order valence-corrected chi connectivity index (χ0v) is 36.7. The van der Waals surface area contributed by atoms with E-state index in [0.717, 1.165) is 43.9 Å². The van der Waals surface area contributed by atoms with E-state index in [1.807, 2.05) is 23.7 Å². The minimum Gasteiger partial charge on any atom is -0.455 e. The Morgan fingerprint density at radius 1 is 0.385 bits per heavy atom. The maximum absolute atomic E-state index is 7.14. The molecule has 0 fully saturated rings. The fourth-order valence-corrected chi connectivity index (χ4v) is 17.1. The van der Waals surface area contributed by atoms with Crippen molar-refractivity contribution in [1.82, 2.24) is 19.1 Å². The number of nitrogens with zero attached hydrogens (tertiary/aromatic N) is 4. The van der Waals surface area contributed by atoms with Crippen molar-refractivity contribution in [2.75, 3.05) is 0 Å². The Bertz CT molecular complexity index is 3820. The van der Waals surface area contributed by atoms with Crippen molar-refractivity contribution in [3.8, 4) is 11.4 Å².